The Hall–Kier alpha value is -7.37. The van der Waals surface area contributed by atoms with Crippen LogP contribution in [0.4, 0.5) is 0 Å². The Morgan fingerprint density at radius 2 is 0.852 bits per heavy atom. The van der Waals surface area contributed by atoms with Crippen LogP contribution in [0.1, 0.15) is 0 Å². The summed E-state index contributed by atoms with van der Waals surface area (Å²) in [5.41, 5.74) is 9.59. The van der Waals surface area contributed by atoms with Crippen LogP contribution in [-0.2, 0) is 0 Å². The highest BCUT2D eigenvalue weighted by Gasteiger charge is 2.21. The van der Waals surface area contributed by atoms with Gasteiger partial charge in [-0.15, -0.1) is 0 Å². The Kier molecular flexibility index (Phi) is 6.79. The molecule has 0 bridgehead atoms. The molecule has 0 radical (unpaired) electrons. The summed E-state index contributed by atoms with van der Waals surface area (Å²) in [4.78, 5) is 15.3. The third-order valence-corrected chi connectivity index (χ3v) is 10.5. The standard InChI is InChI=1S/C49H31N5/c1-3-15-33(16-4-1)47-50-48(35-27-26-32-14-7-8-17-34(32)30-35)52-49(51-47)36-28-29-40-38-20-9-12-24-43(38)54(45(40)31-36)44-25-13-22-41-39-21-10-11-23-42(39)53(46(41)44)37-18-5-2-6-19-37/h1-31H. The van der Waals surface area contributed by atoms with Crippen LogP contribution < -0.4 is 0 Å². The maximum atomic E-state index is 5.17. The molecular formula is C49H31N5. The fourth-order valence-electron chi connectivity index (χ4n) is 8.07. The summed E-state index contributed by atoms with van der Waals surface area (Å²) in [5, 5.41) is 7.11. The molecule has 252 valence electrons. The second-order valence-corrected chi connectivity index (χ2v) is 13.7. The van der Waals surface area contributed by atoms with Crippen molar-refractivity contribution in [3.05, 3.63) is 188 Å². The van der Waals surface area contributed by atoms with Gasteiger partial charge in [0.2, 0.25) is 0 Å². The molecule has 0 fully saturated rings. The van der Waals surface area contributed by atoms with Crippen LogP contribution in [0.5, 0.6) is 0 Å². The maximum absolute atomic E-state index is 5.17. The van der Waals surface area contributed by atoms with Crippen LogP contribution >= 0.6 is 0 Å². The van der Waals surface area contributed by atoms with Gasteiger partial charge in [0.15, 0.2) is 17.5 Å². The van der Waals surface area contributed by atoms with Crippen molar-refractivity contribution in [2.75, 3.05) is 0 Å². The van der Waals surface area contributed by atoms with E-state index in [-0.39, 0.29) is 0 Å². The van der Waals surface area contributed by atoms with Crippen molar-refractivity contribution >= 4 is 54.4 Å². The topological polar surface area (TPSA) is 48.5 Å². The van der Waals surface area contributed by atoms with Crippen molar-refractivity contribution in [2.45, 2.75) is 0 Å². The number of rotatable bonds is 5. The van der Waals surface area contributed by atoms with Crippen LogP contribution in [-0.4, -0.2) is 24.1 Å². The predicted octanol–water partition coefficient (Wildman–Crippen LogP) is 12.2. The van der Waals surface area contributed by atoms with E-state index in [4.69, 9.17) is 15.0 Å². The zero-order valence-corrected chi connectivity index (χ0v) is 29.1. The third kappa shape index (κ3) is 4.76. The molecule has 0 atom stereocenters. The number of hydrogen-bond acceptors (Lipinski definition) is 3. The lowest BCUT2D eigenvalue weighted by Gasteiger charge is -2.14. The van der Waals surface area contributed by atoms with Gasteiger partial charge >= 0.3 is 0 Å². The van der Waals surface area contributed by atoms with Crippen LogP contribution in [0.3, 0.4) is 0 Å². The molecule has 0 saturated carbocycles. The number of aromatic nitrogens is 5. The molecule has 5 heteroatoms. The highest BCUT2D eigenvalue weighted by Crippen LogP contribution is 2.40. The first-order valence-corrected chi connectivity index (χ1v) is 18.2. The average molecular weight is 690 g/mol. The Morgan fingerprint density at radius 1 is 0.315 bits per heavy atom. The minimum absolute atomic E-state index is 0.627. The smallest absolute Gasteiger partial charge is 0.164 e. The number of para-hydroxylation sites is 4. The zero-order chi connectivity index (χ0) is 35.6. The van der Waals surface area contributed by atoms with E-state index in [1.807, 2.05) is 18.2 Å². The lowest BCUT2D eigenvalue weighted by Crippen LogP contribution is -2.01. The van der Waals surface area contributed by atoms with E-state index in [1.54, 1.807) is 0 Å². The molecule has 0 amide bonds. The normalized spacial score (nSPS) is 11.7. The van der Waals surface area contributed by atoms with Crippen molar-refractivity contribution in [1.82, 2.24) is 24.1 Å². The van der Waals surface area contributed by atoms with E-state index in [2.05, 4.69) is 179 Å². The third-order valence-electron chi connectivity index (χ3n) is 10.5. The van der Waals surface area contributed by atoms with Gasteiger partial charge in [-0.2, -0.15) is 0 Å². The lowest BCUT2D eigenvalue weighted by atomic mass is 10.1. The van der Waals surface area contributed by atoms with Gasteiger partial charge in [0.25, 0.3) is 0 Å². The Bertz CT molecular complexity index is 3210. The summed E-state index contributed by atoms with van der Waals surface area (Å²) in [7, 11) is 0. The van der Waals surface area contributed by atoms with Gasteiger partial charge in [-0.05, 0) is 53.2 Å². The molecular weight excluding hydrogens is 659 g/mol. The van der Waals surface area contributed by atoms with Gasteiger partial charge in [0.05, 0.1) is 27.8 Å². The van der Waals surface area contributed by atoms with Gasteiger partial charge < -0.3 is 9.13 Å². The first-order valence-electron chi connectivity index (χ1n) is 18.2. The molecule has 5 nitrogen and oxygen atoms in total. The highest BCUT2D eigenvalue weighted by molar-refractivity contribution is 6.15. The fourth-order valence-corrected chi connectivity index (χ4v) is 8.07. The molecule has 3 heterocycles. The Balaban J connectivity index is 1.19. The highest BCUT2D eigenvalue weighted by atomic mass is 15.1. The SMILES string of the molecule is c1ccc(-c2nc(-c3ccc4ccccc4c3)nc(-c3ccc4c5ccccc5n(-c5cccc6c7ccccc7n(-c7ccccc7)c56)c4c3)n2)cc1. The zero-order valence-electron chi connectivity index (χ0n) is 29.1. The van der Waals surface area contributed by atoms with Crippen molar-refractivity contribution in [1.29, 1.82) is 0 Å². The van der Waals surface area contributed by atoms with Crippen LogP contribution in [0.15, 0.2) is 188 Å². The van der Waals surface area contributed by atoms with E-state index in [0.29, 0.717) is 17.5 Å². The first-order chi connectivity index (χ1) is 26.8. The molecule has 0 aliphatic carbocycles. The lowest BCUT2D eigenvalue weighted by molar-refractivity contribution is 1.07. The summed E-state index contributed by atoms with van der Waals surface area (Å²) in [5.74, 6) is 1.91. The van der Waals surface area contributed by atoms with Gasteiger partial charge in [0.1, 0.15) is 0 Å². The van der Waals surface area contributed by atoms with Gasteiger partial charge in [0, 0.05) is 43.9 Å². The molecule has 8 aromatic carbocycles. The second-order valence-electron chi connectivity index (χ2n) is 13.7. The molecule has 0 aliphatic rings. The van der Waals surface area contributed by atoms with Crippen molar-refractivity contribution < 1.29 is 0 Å². The molecule has 0 unspecified atom stereocenters. The fraction of sp³-hybridized carbons (Fsp3) is 0. The van der Waals surface area contributed by atoms with Crippen molar-refractivity contribution in [3.8, 4) is 45.5 Å². The first kappa shape index (κ1) is 30.3. The second kappa shape index (κ2) is 12.1. The van der Waals surface area contributed by atoms with E-state index in [0.717, 1.165) is 50.0 Å². The maximum Gasteiger partial charge on any atom is 0.164 e. The Labute approximate surface area is 311 Å². The minimum atomic E-state index is 0.627. The molecule has 0 spiro atoms. The summed E-state index contributed by atoms with van der Waals surface area (Å²) < 4.78 is 4.82. The number of fused-ring (bicyclic) bond motifs is 7. The summed E-state index contributed by atoms with van der Waals surface area (Å²) in [6, 6.07) is 66.3. The van der Waals surface area contributed by atoms with Gasteiger partial charge in [-0.25, -0.2) is 15.0 Å². The van der Waals surface area contributed by atoms with E-state index in [1.165, 1.54) is 32.4 Å². The summed E-state index contributed by atoms with van der Waals surface area (Å²) >= 11 is 0. The van der Waals surface area contributed by atoms with E-state index in [9.17, 15) is 0 Å². The largest absolute Gasteiger partial charge is 0.307 e. The molecule has 0 aliphatic heterocycles. The number of hydrogen-bond donors (Lipinski definition) is 0. The summed E-state index contributed by atoms with van der Waals surface area (Å²) in [6.45, 7) is 0. The predicted molar refractivity (Wildman–Crippen MR) is 222 cm³/mol. The van der Waals surface area contributed by atoms with E-state index < -0.39 is 0 Å². The number of nitrogens with zero attached hydrogens (tertiary/aromatic N) is 5. The van der Waals surface area contributed by atoms with Crippen LogP contribution in [0.25, 0.3) is 99.9 Å². The monoisotopic (exact) mass is 689 g/mol. The quantitative estimate of drug-likeness (QED) is 0.181. The van der Waals surface area contributed by atoms with E-state index >= 15 is 0 Å². The van der Waals surface area contributed by atoms with Gasteiger partial charge in [-0.1, -0.05) is 146 Å². The summed E-state index contributed by atoms with van der Waals surface area (Å²) in [6.07, 6.45) is 0. The average Bonchev–Trinajstić information content (AvgIpc) is 3.77. The molecule has 11 aromatic rings. The molecule has 0 saturated heterocycles. The van der Waals surface area contributed by atoms with Crippen molar-refractivity contribution in [3.63, 3.8) is 0 Å². The van der Waals surface area contributed by atoms with Crippen molar-refractivity contribution in [2.24, 2.45) is 0 Å². The van der Waals surface area contributed by atoms with Crippen LogP contribution in [0.2, 0.25) is 0 Å². The van der Waals surface area contributed by atoms with Gasteiger partial charge in [-0.3, -0.25) is 0 Å². The molecule has 0 N–H and O–H groups in total. The number of benzene rings is 8. The molecule has 54 heavy (non-hydrogen) atoms. The molecule has 3 aromatic heterocycles. The van der Waals surface area contributed by atoms with Crippen LogP contribution in [0, 0.1) is 0 Å². The molecule has 11 rings (SSSR count). The Morgan fingerprint density at radius 3 is 1.61 bits per heavy atom. The minimum Gasteiger partial charge on any atom is -0.307 e.